The standard InChI is InChI=1S/C16H13ClN2O/c17-16-11-15(8-7-13(16)12-20)19(10-4-9-18)14-5-2-1-3-6-14/h1-3,5-8,11-12H,4,10H2. The maximum atomic E-state index is 10.8. The average Bonchev–Trinajstić information content (AvgIpc) is 2.49. The molecule has 0 atom stereocenters. The van der Waals surface area contributed by atoms with Gasteiger partial charge in [0, 0.05) is 23.5 Å². The Balaban J connectivity index is 2.39. The maximum Gasteiger partial charge on any atom is 0.151 e. The van der Waals surface area contributed by atoms with Gasteiger partial charge in [-0.3, -0.25) is 4.79 Å². The van der Waals surface area contributed by atoms with Gasteiger partial charge in [0.15, 0.2) is 6.29 Å². The number of halogens is 1. The first-order valence-corrected chi connectivity index (χ1v) is 6.58. The Labute approximate surface area is 123 Å². The van der Waals surface area contributed by atoms with E-state index in [9.17, 15) is 4.79 Å². The molecule has 0 aliphatic rings. The predicted molar refractivity (Wildman–Crippen MR) is 80.5 cm³/mol. The lowest BCUT2D eigenvalue weighted by Crippen LogP contribution is -2.18. The minimum absolute atomic E-state index is 0.405. The second kappa shape index (κ2) is 6.74. The number of carbonyl (C=O) groups is 1. The van der Waals surface area contributed by atoms with Crippen molar-refractivity contribution in [3.05, 3.63) is 59.1 Å². The molecular formula is C16H13ClN2O. The molecule has 100 valence electrons. The molecule has 0 saturated carbocycles. The van der Waals surface area contributed by atoms with Crippen LogP contribution < -0.4 is 4.90 Å². The van der Waals surface area contributed by atoms with Crippen molar-refractivity contribution >= 4 is 29.3 Å². The third-order valence-corrected chi connectivity index (χ3v) is 3.27. The van der Waals surface area contributed by atoms with Gasteiger partial charge in [0.2, 0.25) is 0 Å². The van der Waals surface area contributed by atoms with Crippen LogP contribution in [0.4, 0.5) is 11.4 Å². The number of carbonyl (C=O) groups excluding carboxylic acids is 1. The second-order valence-electron chi connectivity index (χ2n) is 4.22. The molecule has 0 spiro atoms. The molecule has 2 rings (SSSR count). The highest BCUT2D eigenvalue weighted by molar-refractivity contribution is 6.33. The molecule has 2 aromatic rings. The van der Waals surface area contributed by atoms with Crippen LogP contribution in [0.1, 0.15) is 16.8 Å². The monoisotopic (exact) mass is 284 g/mol. The fourth-order valence-electron chi connectivity index (χ4n) is 1.96. The number of anilines is 2. The van der Waals surface area contributed by atoms with E-state index >= 15 is 0 Å². The summed E-state index contributed by atoms with van der Waals surface area (Å²) < 4.78 is 0. The Kier molecular flexibility index (Phi) is 4.75. The number of hydrogen-bond donors (Lipinski definition) is 0. The van der Waals surface area contributed by atoms with E-state index in [1.165, 1.54) is 0 Å². The van der Waals surface area contributed by atoms with Crippen LogP contribution in [0, 0.1) is 11.3 Å². The van der Waals surface area contributed by atoms with Gasteiger partial charge in [-0.2, -0.15) is 5.26 Å². The third-order valence-electron chi connectivity index (χ3n) is 2.94. The number of aldehydes is 1. The van der Waals surface area contributed by atoms with Crippen molar-refractivity contribution in [1.29, 1.82) is 5.26 Å². The van der Waals surface area contributed by atoms with E-state index < -0.39 is 0 Å². The van der Waals surface area contributed by atoms with Gasteiger partial charge < -0.3 is 4.90 Å². The van der Waals surface area contributed by atoms with E-state index in [4.69, 9.17) is 16.9 Å². The van der Waals surface area contributed by atoms with Crippen LogP contribution in [0.15, 0.2) is 48.5 Å². The molecule has 2 aromatic carbocycles. The summed E-state index contributed by atoms with van der Waals surface area (Å²) in [6, 6.07) is 17.2. The zero-order valence-electron chi connectivity index (χ0n) is 10.8. The molecule has 0 aliphatic carbocycles. The van der Waals surface area contributed by atoms with Gasteiger partial charge in [-0.15, -0.1) is 0 Å². The molecule has 0 aliphatic heterocycles. The van der Waals surface area contributed by atoms with Crippen LogP contribution in [0.2, 0.25) is 5.02 Å². The van der Waals surface area contributed by atoms with Crippen molar-refractivity contribution in [1.82, 2.24) is 0 Å². The van der Waals surface area contributed by atoms with Crippen molar-refractivity contribution in [2.24, 2.45) is 0 Å². The summed E-state index contributed by atoms with van der Waals surface area (Å²) in [5, 5.41) is 9.21. The summed E-state index contributed by atoms with van der Waals surface area (Å²) in [4.78, 5) is 12.8. The molecule has 0 N–H and O–H groups in total. The molecule has 0 unspecified atom stereocenters. The van der Waals surface area contributed by atoms with E-state index in [-0.39, 0.29) is 0 Å². The lowest BCUT2D eigenvalue weighted by Gasteiger charge is -2.24. The van der Waals surface area contributed by atoms with Crippen LogP contribution in [-0.4, -0.2) is 12.8 Å². The molecule has 0 amide bonds. The third kappa shape index (κ3) is 3.17. The summed E-state index contributed by atoms with van der Waals surface area (Å²) in [5.74, 6) is 0. The highest BCUT2D eigenvalue weighted by Gasteiger charge is 2.10. The summed E-state index contributed by atoms with van der Waals surface area (Å²) in [7, 11) is 0. The molecule has 0 aromatic heterocycles. The van der Waals surface area contributed by atoms with Crippen molar-refractivity contribution in [3.63, 3.8) is 0 Å². The van der Waals surface area contributed by atoms with E-state index in [0.717, 1.165) is 17.7 Å². The Morgan fingerprint density at radius 3 is 2.50 bits per heavy atom. The highest BCUT2D eigenvalue weighted by Crippen LogP contribution is 2.29. The molecular weight excluding hydrogens is 272 g/mol. The van der Waals surface area contributed by atoms with Crippen LogP contribution in [0.25, 0.3) is 0 Å². The summed E-state index contributed by atoms with van der Waals surface area (Å²) in [5.41, 5.74) is 2.31. The van der Waals surface area contributed by atoms with Crippen molar-refractivity contribution < 1.29 is 4.79 Å². The Hall–Kier alpha value is -2.31. The van der Waals surface area contributed by atoms with Crippen LogP contribution in [0.3, 0.4) is 0 Å². The van der Waals surface area contributed by atoms with Gasteiger partial charge in [-0.25, -0.2) is 0 Å². The zero-order chi connectivity index (χ0) is 14.4. The first-order chi connectivity index (χ1) is 9.76. The predicted octanol–water partition coefficient (Wildman–Crippen LogP) is 4.20. The molecule has 0 bridgehead atoms. The molecule has 3 nitrogen and oxygen atoms in total. The summed E-state index contributed by atoms with van der Waals surface area (Å²) >= 11 is 6.07. The number of para-hydroxylation sites is 1. The smallest absolute Gasteiger partial charge is 0.151 e. The molecule has 20 heavy (non-hydrogen) atoms. The first-order valence-electron chi connectivity index (χ1n) is 6.20. The van der Waals surface area contributed by atoms with Gasteiger partial charge >= 0.3 is 0 Å². The average molecular weight is 285 g/mol. The molecule has 4 heteroatoms. The fraction of sp³-hybridized carbons (Fsp3) is 0.125. The van der Waals surface area contributed by atoms with E-state index in [2.05, 4.69) is 6.07 Å². The minimum Gasteiger partial charge on any atom is -0.340 e. The zero-order valence-corrected chi connectivity index (χ0v) is 11.5. The molecule has 0 saturated heterocycles. The minimum atomic E-state index is 0.405. The lowest BCUT2D eigenvalue weighted by atomic mass is 10.2. The summed E-state index contributed by atoms with van der Waals surface area (Å²) in [6.45, 7) is 0.567. The molecule has 0 fully saturated rings. The van der Waals surface area contributed by atoms with Crippen LogP contribution in [-0.2, 0) is 0 Å². The van der Waals surface area contributed by atoms with Gasteiger partial charge in [0.25, 0.3) is 0 Å². The van der Waals surface area contributed by atoms with Crippen LogP contribution >= 0.6 is 11.6 Å². The van der Waals surface area contributed by atoms with Crippen LogP contribution in [0.5, 0.6) is 0 Å². The summed E-state index contributed by atoms with van der Waals surface area (Å²) in [6.07, 6.45) is 1.14. The second-order valence-corrected chi connectivity index (χ2v) is 4.63. The normalized spacial score (nSPS) is 9.80. The number of hydrogen-bond acceptors (Lipinski definition) is 3. The Morgan fingerprint density at radius 2 is 1.90 bits per heavy atom. The van der Waals surface area contributed by atoms with E-state index in [1.807, 2.05) is 41.3 Å². The SMILES string of the molecule is N#CCCN(c1ccccc1)c1ccc(C=O)c(Cl)c1. The fourth-order valence-corrected chi connectivity index (χ4v) is 2.18. The lowest BCUT2D eigenvalue weighted by molar-refractivity contribution is 0.112. The Morgan fingerprint density at radius 1 is 1.15 bits per heavy atom. The first kappa shape index (κ1) is 14.1. The van der Waals surface area contributed by atoms with Crippen molar-refractivity contribution in [2.75, 3.05) is 11.4 Å². The van der Waals surface area contributed by atoms with Gasteiger partial charge in [0.05, 0.1) is 17.5 Å². The van der Waals surface area contributed by atoms with E-state index in [1.54, 1.807) is 12.1 Å². The van der Waals surface area contributed by atoms with Crippen molar-refractivity contribution in [2.45, 2.75) is 6.42 Å². The van der Waals surface area contributed by atoms with Gasteiger partial charge in [0.1, 0.15) is 0 Å². The van der Waals surface area contributed by atoms with E-state index in [0.29, 0.717) is 23.6 Å². The van der Waals surface area contributed by atoms with Gasteiger partial charge in [-0.05, 0) is 30.3 Å². The Bertz CT molecular complexity index is 635. The quantitative estimate of drug-likeness (QED) is 0.773. The largest absolute Gasteiger partial charge is 0.340 e. The molecule has 0 heterocycles. The topological polar surface area (TPSA) is 44.1 Å². The van der Waals surface area contributed by atoms with Crippen molar-refractivity contribution in [3.8, 4) is 6.07 Å². The highest BCUT2D eigenvalue weighted by atomic mass is 35.5. The maximum absolute atomic E-state index is 10.8. The van der Waals surface area contributed by atoms with Gasteiger partial charge in [-0.1, -0.05) is 29.8 Å². The number of nitrogens with zero attached hydrogens (tertiary/aromatic N) is 2. The molecule has 0 radical (unpaired) electrons. The number of nitriles is 1. The number of rotatable bonds is 5. The number of benzene rings is 2.